The van der Waals surface area contributed by atoms with Crippen LogP contribution < -0.4 is 21.3 Å². The van der Waals surface area contributed by atoms with Crippen molar-refractivity contribution in [2.75, 3.05) is 10.2 Å². The summed E-state index contributed by atoms with van der Waals surface area (Å²) >= 11 is 5.88. The van der Waals surface area contributed by atoms with E-state index in [1.165, 1.54) is 12.1 Å². The van der Waals surface area contributed by atoms with Gasteiger partial charge in [0.15, 0.2) is 0 Å². The molecule has 0 bridgehead atoms. The highest BCUT2D eigenvalue weighted by Gasteiger charge is 2.70. The fraction of sp³-hybridized carbons (Fsp3) is 0.273. The summed E-state index contributed by atoms with van der Waals surface area (Å²) in [5.41, 5.74) is 5.05. The summed E-state index contributed by atoms with van der Waals surface area (Å²) in [6.45, 7) is 0. The van der Waals surface area contributed by atoms with E-state index in [4.69, 9.17) is 17.3 Å². The van der Waals surface area contributed by atoms with E-state index in [0.29, 0.717) is 11.3 Å². The molecule has 2 aromatic rings. The van der Waals surface area contributed by atoms with Crippen LogP contribution >= 0.6 is 11.6 Å². The molecule has 32 heavy (non-hydrogen) atoms. The van der Waals surface area contributed by atoms with Crippen LogP contribution in [-0.2, 0) is 24.7 Å². The Morgan fingerprint density at radius 2 is 1.91 bits per heavy atom. The molecule has 0 aromatic heterocycles. The third-order valence-electron chi connectivity index (χ3n) is 6.49. The van der Waals surface area contributed by atoms with Crippen LogP contribution in [0.1, 0.15) is 18.4 Å². The molecular weight excluding hydrogens is 439 g/mol. The zero-order chi connectivity index (χ0) is 22.8. The SMILES string of the molecule is NC(=O)CC[C@@H]1N[C@]2(C(=O)Nc3ccccc32)[C@H]2C(=O)N(c3ccc(F)c(Cl)c3)C(=O)[C@H]12. The van der Waals surface area contributed by atoms with Crippen LogP contribution in [0, 0.1) is 17.7 Å². The number of nitrogens with two attached hydrogens (primary N) is 1. The number of rotatable bonds is 4. The quantitative estimate of drug-likeness (QED) is 0.604. The smallest absolute Gasteiger partial charge is 0.250 e. The van der Waals surface area contributed by atoms with E-state index in [9.17, 15) is 23.6 Å². The predicted molar refractivity (Wildman–Crippen MR) is 113 cm³/mol. The average molecular weight is 457 g/mol. The van der Waals surface area contributed by atoms with Gasteiger partial charge in [-0.1, -0.05) is 29.8 Å². The third-order valence-corrected chi connectivity index (χ3v) is 6.78. The minimum atomic E-state index is -1.48. The molecule has 3 aliphatic heterocycles. The van der Waals surface area contributed by atoms with Gasteiger partial charge in [-0.3, -0.25) is 24.5 Å². The van der Waals surface area contributed by atoms with Gasteiger partial charge < -0.3 is 11.1 Å². The van der Waals surface area contributed by atoms with Crippen LogP contribution in [0.3, 0.4) is 0 Å². The zero-order valence-electron chi connectivity index (χ0n) is 16.6. The molecule has 4 N–H and O–H groups in total. The predicted octanol–water partition coefficient (Wildman–Crippen LogP) is 1.67. The van der Waals surface area contributed by atoms with E-state index < -0.39 is 52.9 Å². The largest absolute Gasteiger partial charge is 0.370 e. The Kier molecular flexibility index (Phi) is 4.58. The number of amides is 4. The van der Waals surface area contributed by atoms with Gasteiger partial charge in [0.1, 0.15) is 11.4 Å². The lowest BCUT2D eigenvalue weighted by Crippen LogP contribution is -2.53. The number of anilines is 2. The Morgan fingerprint density at radius 1 is 1.16 bits per heavy atom. The summed E-state index contributed by atoms with van der Waals surface area (Å²) in [6, 6.07) is 9.85. The maximum atomic E-state index is 13.7. The summed E-state index contributed by atoms with van der Waals surface area (Å²) in [6.07, 6.45) is 0.148. The summed E-state index contributed by atoms with van der Waals surface area (Å²) in [5.74, 6) is -4.79. The molecule has 0 radical (unpaired) electrons. The molecule has 3 aliphatic rings. The summed E-state index contributed by atoms with van der Waals surface area (Å²) < 4.78 is 13.7. The van der Waals surface area contributed by atoms with Crippen molar-refractivity contribution in [1.82, 2.24) is 5.32 Å². The number of hydrogen-bond donors (Lipinski definition) is 3. The number of halogens is 2. The fourth-order valence-corrected chi connectivity index (χ4v) is 5.36. The first-order valence-corrected chi connectivity index (χ1v) is 10.4. The Morgan fingerprint density at radius 3 is 2.62 bits per heavy atom. The van der Waals surface area contributed by atoms with Crippen LogP contribution in [0.15, 0.2) is 42.5 Å². The highest BCUT2D eigenvalue weighted by atomic mass is 35.5. The van der Waals surface area contributed by atoms with Gasteiger partial charge in [0.2, 0.25) is 23.6 Å². The van der Waals surface area contributed by atoms with Crippen molar-refractivity contribution in [2.24, 2.45) is 17.6 Å². The van der Waals surface area contributed by atoms with Gasteiger partial charge in [-0.25, -0.2) is 9.29 Å². The van der Waals surface area contributed by atoms with Crippen molar-refractivity contribution < 1.29 is 23.6 Å². The number of carbonyl (C=O) groups excluding carboxylic acids is 4. The molecule has 2 aromatic carbocycles. The second kappa shape index (κ2) is 7.11. The van der Waals surface area contributed by atoms with Crippen LogP contribution in [0.4, 0.5) is 15.8 Å². The lowest BCUT2D eigenvalue weighted by molar-refractivity contribution is -0.130. The standard InChI is InChI=1S/C22H18ClFN4O4/c23-12-9-10(5-6-13(12)24)28-19(30)17-15(7-8-16(25)29)27-22(18(17)20(28)31)11-3-1-2-4-14(11)26-21(22)32/h1-6,9,15,17-18,27H,7-8H2,(H2,25,29)(H,26,32)/t15-,17+,18+,22-/m0/s1. The molecule has 0 aliphatic carbocycles. The number of hydrogen-bond acceptors (Lipinski definition) is 5. The number of benzene rings is 2. The second-order valence-electron chi connectivity index (χ2n) is 8.18. The van der Waals surface area contributed by atoms with Crippen molar-refractivity contribution in [3.63, 3.8) is 0 Å². The molecule has 10 heteroatoms. The van der Waals surface area contributed by atoms with Gasteiger partial charge >= 0.3 is 0 Å². The number of primary amides is 1. The second-order valence-corrected chi connectivity index (χ2v) is 8.58. The van der Waals surface area contributed by atoms with Gasteiger partial charge in [0, 0.05) is 23.7 Å². The van der Waals surface area contributed by atoms with E-state index in [2.05, 4.69) is 10.6 Å². The van der Waals surface area contributed by atoms with Gasteiger partial charge in [-0.15, -0.1) is 0 Å². The first-order chi connectivity index (χ1) is 15.3. The van der Waals surface area contributed by atoms with Gasteiger partial charge in [0.25, 0.3) is 0 Å². The van der Waals surface area contributed by atoms with E-state index in [0.717, 1.165) is 11.0 Å². The number of fused-ring (bicyclic) bond motifs is 4. The van der Waals surface area contributed by atoms with Crippen molar-refractivity contribution in [3.05, 3.63) is 58.9 Å². The molecule has 3 heterocycles. The zero-order valence-corrected chi connectivity index (χ0v) is 17.4. The highest BCUT2D eigenvalue weighted by molar-refractivity contribution is 6.32. The molecule has 164 valence electrons. The topological polar surface area (TPSA) is 122 Å². The molecule has 0 saturated carbocycles. The first kappa shape index (κ1) is 20.6. The maximum absolute atomic E-state index is 13.7. The molecule has 2 fully saturated rings. The van der Waals surface area contributed by atoms with Gasteiger partial charge in [0.05, 0.1) is 22.5 Å². The Labute approximate surface area is 186 Å². The number of para-hydroxylation sites is 1. The van der Waals surface area contributed by atoms with Crippen molar-refractivity contribution in [3.8, 4) is 0 Å². The minimum absolute atomic E-state index is 0.0237. The Balaban J connectivity index is 1.64. The minimum Gasteiger partial charge on any atom is -0.370 e. The Hall–Kier alpha value is -3.30. The molecule has 8 nitrogen and oxygen atoms in total. The van der Waals surface area contributed by atoms with Gasteiger partial charge in [-0.2, -0.15) is 0 Å². The Bertz CT molecular complexity index is 1200. The number of nitrogens with zero attached hydrogens (tertiary/aromatic N) is 1. The maximum Gasteiger partial charge on any atom is 0.250 e. The summed E-state index contributed by atoms with van der Waals surface area (Å²) in [7, 11) is 0. The summed E-state index contributed by atoms with van der Waals surface area (Å²) in [5, 5.41) is 5.76. The molecule has 1 spiro atoms. The third kappa shape index (κ3) is 2.71. The molecule has 4 atom stereocenters. The van der Waals surface area contributed by atoms with E-state index in [1.54, 1.807) is 24.3 Å². The molecule has 2 saturated heterocycles. The molecule has 4 amide bonds. The monoisotopic (exact) mass is 456 g/mol. The van der Waals surface area contributed by atoms with Crippen LogP contribution in [0.2, 0.25) is 5.02 Å². The van der Waals surface area contributed by atoms with Crippen LogP contribution in [-0.4, -0.2) is 29.7 Å². The van der Waals surface area contributed by atoms with Crippen molar-refractivity contribution in [2.45, 2.75) is 24.4 Å². The molecule has 0 unspecified atom stereocenters. The van der Waals surface area contributed by atoms with E-state index in [1.807, 2.05) is 0 Å². The average Bonchev–Trinajstić information content (AvgIpc) is 3.33. The number of imide groups is 1. The van der Waals surface area contributed by atoms with Crippen LogP contribution in [0.5, 0.6) is 0 Å². The lowest BCUT2D eigenvalue weighted by atomic mass is 9.76. The number of nitrogens with one attached hydrogen (secondary N) is 2. The number of carbonyl (C=O) groups is 4. The van der Waals surface area contributed by atoms with Crippen LogP contribution in [0.25, 0.3) is 0 Å². The van der Waals surface area contributed by atoms with Gasteiger partial charge in [-0.05, 0) is 30.7 Å². The normalized spacial score (nSPS) is 28.2. The fourth-order valence-electron chi connectivity index (χ4n) is 5.18. The van der Waals surface area contributed by atoms with E-state index >= 15 is 0 Å². The van der Waals surface area contributed by atoms with Crippen molar-refractivity contribution in [1.29, 1.82) is 0 Å². The lowest BCUT2D eigenvalue weighted by Gasteiger charge is -2.29. The van der Waals surface area contributed by atoms with E-state index in [-0.39, 0.29) is 23.6 Å². The molecule has 5 rings (SSSR count). The molecular formula is C22H18ClFN4O4. The highest BCUT2D eigenvalue weighted by Crippen LogP contribution is 2.54. The van der Waals surface area contributed by atoms with Crippen molar-refractivity contribution >= 4 is 46.6 Å². The first-order valence-electron chi connectivity index (χ1n) is 10.1. The summed E-state index contributed by atoms with van der Waals surface area (Å²) in [4.78, 5) is 52.8.